The van der Waals surface area contributed by atoms with E-state index in [1.54, 1.807) is 0 Å². The number of aliphatic hydroxyl groups excluding tert-OH is 1. The van der Waals surface area contributed by atoms with Crippen LogP contribution in [0.1, 0.15) is 33.1 Å². The van der Waals surface area contributed by atoms with E-state index in [9.17, 15) is 5.11 Å². The van der Waals surface area contributed by atoms with E-state index in [-0.39, 0.29) is 6.10 Å². The van der Waals surface area contributed by atoms with Crippen LogP contribution in [0.5, 0.6) is 0 Å². The van der Waals surface area contributed by atoms with E-state index in [1.165, 1.54) is 19.3 Å². The average molecular weight is 183 g/mol. The van der Waals surface area contributed by atoms with Crippen molar-refractivity contribution < 1.29 is 5.11 Å². The van der Waals surface area contributed by atoms with Gasteiger partial charge in [-0.2, -0.15) is 0 Å². The Morgan fingerprint density at radius 2 is 1.69 bits per heavy atom. The molecule has 3 atom stereocenters. The number of rotatable bonds is 1. The highest BCUT2D eigenvalue weighted by Gasteiger charge is 2.38. The van der Waals surface area contributed by atoms with Crippen LogP contribution in [0.4, 0.5) is 0 Å². The van der Waals surface area contributed by atoms with Crippen LogP contribution < -0.4 is 0 Å². The second-order valence-corrected chi connectivity index (χ2v) is 4.99. The number of likely N-dealkylation sites (tertiary alicyclic amines) is 1. The summed E-state index contributed by atoms with van der Waals surface area (Å²) in [6.07, 6.45) is 3.81. The SMILES string of the molecule is CC(C)N1C[C@H]2CCC[C@@H](C1)C2O. The molecule has 2 aliphatic rings. The maximum absolute atomic E-state index is 9.96. The van der Waals surface area contributed by atoms with E-state index >= 15 is 0 Å². The average Bonchev–Trinajstić information content (AvgIpc) is 2.02. The molecule has 76 valence electrons. The molecule has 0 aromatic rings. The first-order valence-electron chi connectivity index (χ1n) is 5.60. The minimum absolute atomic E-state index is 0.00347. The normalized spacial score (nSPS) is 41.1. The zero-order valence-corrected chi connectivity index (χ0v) is 8.74. The zero-order valence-electron chi connectivity index (χ0n) is 8.74. The van der Waals surface area contributed by atoms with Crippen LogP contribution in [0, 0.1) is 11.8 Å². The predicted octanol–water partition coefficient (Wildman–Crippen LogP) is 1.49. The van der Waals surface area contributed by atoms with E-state index in [4.69, 9.17) is 0 Å². The summed E-state index contributed by atoms with van der Waals surface area (Å²) >= 11 is 0. The van der Waals surface area contributed by atoms with Gasteiger partial charge in [0.1, 0.15) is 0 Å². The zero-order chi connectivity index (χ0) is 9.42. The molecule has 1 saturated carbocycles. The number of fused-ring (bicyclic) bond motifs is 2. The summed E-state index contributed by atoms with van der Waals surface area (Å²) in [4.78, 5) is 2.53. The van der Waals surface area contributed by atoms with Crippen LogP contribution in [0.3, 0.4) is 0 Å². The van der Waals surface area contributed by atoms with Crippen LogP contribution in [-0.4, -0.2) is 35.2 Å². The van der Waals surface area contributed by atoms with Crippen molar-refractivity contribution in [1.82, 2.24) is 4.90 Å². The summed E-state index contributed by atoms with van der Waals surface area (Å²) in [6, 6.07) is 0.649. The molecule has 1 unspecified atom stereocenters. The monoisotopic (exact) mass is 183 g/mol. The Morgan fingerprint density at radius 3 is 2.15 bits per heavy atom. The van der Waals surface area contributed by atoms with Crippen LogP contribution >= 0.6 is 0 Å². The van der Waals surface area contributed by atoms with Crippen molar-refractivity contribution in [3.05, 3.63) is 0 Å². The lowest BCUT2D eigenvalue weighted by molar-refractivity contribution is -0.0575. The van der Waals surface area contributed by atoms with Crippen molar-refractivity contribution in [2.45, 2.75) is 45.3 Å². The van der Waals surface area contributed by atoms with Gasteiger partial charge in [-0.3, -0.25) is 0 Å². The Kier molecular flexibility index (Phi) is 2.61. The molecule has 2 heteroatoms. The lowest BCUT2D eigenvalue weighted by atomic mass is 9.75. The molecule has 0 spiro atoms. The summed E-state index contributed by atoms with van der Waals surface area (Å²) in [5.41, 5.74) is 0. The Bertz CT molecular complexity index is 167. The fourth-order valence-corrected chi connectivity index (χ4v) is 2.87. The second-order valence-electron chi connectivity index (χ2n) is 4.99. The summed E-state index contributed by atoms with van der Waals surface area (Å²) in [7, 11) is 0. The first-order chi connectivity index (χ1) is 6.18. The van der Waals surface area contributed by atoms with E-state index in [0.717, 1.165) is 13.1 Å². The van der Waals surface area contributed by atoms with Crippen molar-refractivity contribution >= 4 is 0 Å². The molecule has 13 heavy (non-hydrogen) atoms. The topological polar surface area (TPSA) is 23.5 Å². The number of hydrogen-bond donors (Lipinski definition) is 1. The fraction of sp³-hybridized carbons (Fsp3) is 1.00. The largest absolute Gasteiger partial charge is 0.392 e. The Labute approximate surface area is 80.9 Å². The molecule has 2 bridgehead atoms. The molecule has 1 aliphatic heterocycles. The Hall–Kier alpha value is -0.0800. The molecule has 2 nitrogen and oxygen atoms in total. The van der Waals surface area contributed by atoms with Crippen molar-refractivity contribution in [1.29, 1.82) is 0 Å². The van der Waals surface area contributed by atoms with Crippen LogP contribution in [-0.2, 0) is 0 Å². The van der Waals surface area contributed by atoms with Gasteiger partial charge in [-0.05, 0) is 38.5 Å². The summed E-state index contributed by atoms with van der Waals surface area (Å²) in [6.45, 7) is 6.76. The standard InChI is InChI=1S/C11H21NO/c1-8(2)12-6-9-4-3-5-10(7-12)11(9)13/h8-11,13H,3-7H2,1-2H3/t9-,10+,11?. The molecule has 0 aromatic heterocycles. The van der Waals surface area contributed by atoms with Gasteiger partial charge in [-0.25, -0.2) is 0 Å². The molecule has 2 rings (SSSR count). The van der Waals surface area contributed by atoms with Crippen molar-refractivity contribution in [2.75, 3.05) is 13.1 Å². The first kappa shape index (κ1) is 9.47. The van der Waals surface area contributed by atoms with Gasteiger partial charge < -0.3 is 10.0 Å². The third-order valence-corrected chi connectivity index (χ3v) is 3.78. The highest BCUT2D eigenvalue weighted by Crippen LogP contribution is 2.35. The van der Waals surface area contributed by atoms with Crippen molar-refractivity contribution in [3.63, 3.8) is 0 Å². The van der Waals surface area contributed by atoms with Gasteiger partial charge in [0.25, 0.3) is 0 Å². The third-order valence-electron chi connectivity index (χ3n) is 3.78. The fourth-order valence-electron chi connectivity index (χ4n) is 2.87. The molecular formula is C11H21NO. The molecule has 0 aromatic carbocycles. The van der Waals surface area contributed by atoms with E-state index < -0.39 is 0 Å². The van der Waals surface area contributed by atoms with Gasteiger partial charge >= 0.3 is 0 Å². The smallest absolute Gasteiger partial charge is 0.0620 e. The molecule has 0 radical (unpaired) electrons. The molecule has 1 heterocycles. The Balaban J connectivity index is 2.03. The lowest BCUT2D eigenvalue weighted by Gasteiger charge is -2.46. The van der Waals surface area contributed by atoms with Gasteiger partial charge in [-0.1, -0.05) is 6.42 Å². The highest BCUT2D eigenvalue weighted by atomic mass is 16.3. The van der Waals surface area contributed by atoms with E-state index in [2.05, 4.69) is 18.7 Å². The van der Waals surface area contributed by atoms with E-state index in [1.807, 2.05) is 0 Å². The molecular weight excluding hydrogens is 162 g/mol. The minimum atomic E-state index is 0.00347. The molecule has 0 amide bonds. The predicted molar refractivity (Wildman–Crippen MR) is 53.5 cm³/mol. The molecule has 1 aliphatic carbocycles. The minimum Gasteiger partial charge on any atom is -0.392 e. The first-order valence-corrected chi connectivity index (χ1v) is 5.60. The summed E-state index contributed by atoms with van der Waals surface area (Å²) in [5.74, 6) is 1.13. The summed E-state index contributed by atoms with van der Waals surface area (Å²) < 4.78 is 0. The molecule has 1 N–H and O–H groups in total. The van der Waals surface area contributed by atoms with Gasteiger partial charge in [0.2, 0.25) is 0 Å². The van der Waals surface area contributed by atoms with Crippen LogP contribution in [0.15, 0.2) is 0 Å². The number of hydrogen-bond acceptors (Lipinski definition) is 2. The van der Waals surface area contributed by atoms with Crippen molar-refractivity contribution in [3.8, 4) is 0 Å². The molecule has 2 fully saturated rings. The highest BCUT2D eigenvalue weighted by molar-refractivity contribution is 4.91. The second kappa shape index (κ2) is 3.58. The van der Waals surface area contributed by atoms with Gasteiger partial charge in [-0.15, -0.1) is 0 Å². The maximum Gasteiger partial charge on any atom is 0.0620 e. The number of aliphatic hydroxyl groups is 1. The van der Waals surface area contributed by atoms with Crippen molar-refractivity contribution in [2.24, 2.45) is 11.8 Å². The quantitative estimate of drug-likeness (QED) is 0.665. The maximum atomic E-state index is 9.96. The lowest BCUT2D eigenvalue weighted by Crippen LogP contribution is -2.53. The van der Waals surface area contributed by atoms with Gasteiger partial charge in [0, 0.05) is 19.1 Å². The van der Waals surface area contributed by atoms with E-state index in [0.29, 0.717) is 17.9 Å². The van der Waals surface area contributed by atoms with Crippen LogP contribution in [0.2, 0.25) is 0 Å². The molecule has 1 saturated heterocycles. The number of piperidine rings is 1. The van der Waals surface area contributed by atoms with Gasteiger partial charge in [0.15, 0.2) is 0 Å². The number of nitrogens with zero attached hydrogens (tertiary/aromatic N) is 1. The summed E-state index contributed by atoms with van der Waals surface area (Å²) in [5, 5.41) is 9.96. The third kappa shape index (κ3) is 1.75. The Morgan fingerprint density at radius 1 is 1.15 bits per heavy atom. The van der Waals surface area contributed by atoms with Crippen LogP contribution in [0.25, 0.3) is 0 Å². The van der Waals surface area contributed by atoms with Gasteiger partial charge in [0.05, 0.1) is 6.10 Å².